The Bertz CT molecular complexity index is 1630. The van der Waals surface area contributed by atoms with Crippen molar-refractivity contribution < 1.29 is 18.3 Å². The Kier molecular flexibility index (Phi) is 5.30. The summed E-state index contributed by atoms with van der Waals surface area (Å²) in [6, 6.07) is 25.1. The van der Waals surface area contributed by atoms with Crippen LogP contribution in [0.1, 0.15) is 33.3 Å². The van der Waals surface area contributed by atoms with Crippen LogP contribution in [-0.4, -0.2) is 10.9 Å². The van der Waals surface area contributed by atoms with E-state index < -0.39 is 23.2 Å². The lowest BCUT2D eigenvalue weighted by Gasteiger charge is -2.24. The molecule has 0 saturated heterocycles. The van der Waals surface area contributed by atoms with Crippen molar-refractivity contribution in [2.45, 2.75) is 12.6 Å². The van der Waals surface area contributed by atoms with Gasteiger partial charge in [0.25, 0.3) is 5.91 Å². The zero-order chi connectivity index (χ0) is 24.6. The number of hydrogen-bond donors (Lipinski definition) is 0. The topological polar surface area (TPSA) is 72.6 Å². The third-order valence-electron chi connectivity index (χ3n) is 6.17. The smallest absolute Gasteiger partial charge is 0.296 e. The van der Waals surface area contributed by atoms with Crippen molar-refractivity contribution in [2.75, 3.05) is 4.90 Å². The fourth-order valence-electron chi connectivity index (χ4n) is 4.48. The number of amides is 1. The van der Waals surface area contributed by atoms with Crippen LogP contribution in [0, 0.1) is 5.82 Å². The summed E-state index contributed by atoms with van der Waals surface area (Å²) in [4.78, 5) is 32.9. The Hall–Kier alpha value is -4.78. The van der Waals surface area contributed by atoms with Gasteiger partial charge in [-0.1, -0.05) is 48.5 Å². The van der Waals surface area contributed by atoms with Crippen LogP contribution < -0.4 is 15.1 Å². The number of benzene rings is 3. The van der Waals surface area contributed by atoms with Crippen LogP contribution in [0.5, 0.6) is 5.75 Å². The number of rotatable bonds is 5. The standard InChI is InChI=1S/C29H19FN2O4/c30-20-11-14-23-22(16-20)27(33)25-26(32(29(34)28(25)36-23)24-8-4-5-15-31-24)19-9-12-21(13-10-19)35-17-18-6-2-1-3-7-18/h1-16,26H,17H2. The fourth-order valence-corrected chi connectivity index (χ4v) is 4.48. The van der Waals surface area contributed by atoms with E-state index in [9.17, 15) is 14.0 Å². The van der Waals surface area contributed by atoms with Crippen LogP contribution in [0.25, 0.3) is 11.0 Å². The predicted molar refractivity (Wildman–Crippen MR) is 133 cm³/mol. The van der Waals surface area contributed by atoms with Gasteiger partial charge in [-0.2, -0.15) is 0 Å². The maximum atomic E-state index is 14.0. The lowest BCUT2D eigenvalue weighted by Crippen LogP contribution is -2.30. The van der Waals surface area contributed by atoms with E-state index >= 15 is 0 Å². The second-order valence-corrected chi connectivity index (χ2v) is 8.42. The quantitative estimate of drug-likeness (QED) is 0.326. The second-order valence-electron chi connectivity index (χ2n) is 8.42. The molecular formula is C29H19FN2O4. The van der Waals surface area contributed by atoms with Crippen molar-refractivity contribution in [3.63, 3.8) is 0 Å². The number of halogens is 1. The number of anilines is 1. The van der Waals surface area contributed by atoms with Crippen LogP contribution >= 0.6 is 0 Å². The van der Waals surface area contributed by atoms with E-state index in [0.717, 1.165) is 11.6 Å². The lowest BCUT2D eigenvalue weighted by molar-refractivity contribution is 0.0970. The first-order valence-corrected chi connectivity index (χ1v) is 11.4. The summed E-state index contributed by atoms with van der Waals surface area (Å²) in [7, 11) is 0. The molecule has 3 aromatic carbocycles. The van der Waals surface area contributed by atoms with Crippen LogP contribution in [0.3, 0.4) is 0 Å². The molecule has 5 aromatic rings. The number of aromatic nitrogens is 1. The molecule has 176 valence electrons. The number of fused-ring (bicyclic) bond motifs is 2. The van der Waals surface area contributed by atoms with Gasteiger partial charge in [0, 0.05) is 6.20 Å². The first kappa shape index (κ1) is 21.7. The van der Waals surface area contributed by atoms with Gasteiger partial charge >= 0.3 is 0 Å². The van der Waals surface area contributed by atoms with Crippen molar-refractivity contribution in [3.8, 4) is 5.75 Å². The number of hydrogen-bond acceptors (Lipinski definition) is 5. The van der Waals surface area contributed by atoms with E-state index in [2.05, 4.69) is 4.98 Å². The zero-order valence-corrected chi connectivity index (χ0v) is 18.9. The first-order chi connectivity index (χ1) is 17.6. The molecule has 1 aliphatic rings. The van der Waals surface area contributed by atoms with Crippen molar-refractivity contribution in [2.24, 2.45) is 0 Å². The first-order valence-electron chi connectivity index (χ1n) is 11.4. The number of ether oxygens (including phenoxy) is 1. The summed E-state index contributed by atoms with van der Waals surface area (Å²) in [6.45, 7) is 0.409. The summed E-state index contributed by atoms with van der Waals surface area (Å²) in [5.41, 5.74) is 1.56. The van der Waals surface area contributed by atoms with E-state index in [4.69, 9.17) is 9.15 Å². The molecule has 0 fully saturated rings. The highest BCUT2D eigenvalue weighted by Gasteiger charge is 2.44. The van der Waals surface area contributed by atoms with Gasteiger partial charge in [-0.15, -0.1) is 0 Å². The molecule has 1 amide bonds. The molecule has 0 saturated carbocycles. The van der Waals surface area contributed by atoms with E-state index in [-0.39, 0.29) is 22.3 Å². The molecule has 1 aliphatic heterocycles. The zero-order valence-electron chi connectivity index (χ0n) is 18.9. The summed E-state index contributed by atoms with van der Waals surface area (Å²) in [5, 5.41) is 0.0808. The SMILES string of the molecule is O=C1c2oc3ccc(F)cc3c(=O)c2C(c2ccc(OCc3ccccc3)cc2)N1c1ccccn1. The maximum absolute atomic E-state index is 14.0. The number of pyridine rings is 1. The molecule has 0 radical (unpaired) electrons. The summed E-state index contributed by atoms with van der Waals surface area (Å²) < 4.78 is 25.7. The van der Waals surface area contributed by atoms with Gasteiger partial charge < -0.3 is 9.15 Å². The van der Waals surface area contributed by atoms with Crippen LogP contribution in [0.15, 0.2) is 106 Å². The average molecular weight is 478 g/mol. The lowest BCUT2D eigenvalue weighted by atomic mass is 9.98. The molecule has 6 rings (SSSR count). The Morgan fingerprint density at radius 1 is 0.917 bits per heavy atom. The number of nitrogens with zero attached hydrogens (tertiary/aromatic N) is 2. The third-order valence-corrected chi connectivity index (χ3v) is 6.17. The van der Waals surface area contributed by atoms with Crippen LogP contribution in [-0.2, 0) is 6.61 Å². The molecule has 3 heterocycles. The maximum Gasteiger partial charge on any atom is 0.296 e. The highest BCUT2D eigenvalue weighted by Crippen LogP contribution is 2.40. The molecule has 0 N–H and O–H groups in total. The van der Waals surface area contributed by atoms with Crippen molar-refractivity contribution in [3.05, 3.63) is 136 Å². The Morgan fingerprint density at radius 3 is 2.44 bits per heavy atom. The van der Waals surface area contributed by atoms with Gasteiger partial charge in [-0.3, -0.25) is 14.5 Å². The second kappa shape index (κ2) is 8.78. The van der Waals surface area contributed by atoms with Gasteiger partial charge in [-0.25, -0.2) is 9.37 Å². The predicted octanol–water partition coefficient (Wildman–Crippen LogP) is 5.66. The van der Waals surface area contributed by atoms with Gasteiger partial charge in [0.1, 0.15) is 29.6 Å². The molecule has 36 heavy (non-hydrogen) atoms. The normalized spacial score (nSPS) is 14.8. The Morgan fingerprint density at radius 2 is 1.69 bits per heavy atom. The molecule has 0 spiro atoms. The molecule has 0 bridgehead atoms. The molecule has 1 atom stereocenters. The van der Waals surface area contributed by atoms with Gasteiger partial charge in [0.2, 0.25) is 5.76 Å². The highest BCUT2D eigenvalue weighted by atomic mass is 19.1. The van der Waals surface area contributed by atoms with Gasteiger partial charge in [-0.05, 0) is 53.6 Å². The van der Waals surface area contributed by atoms with E-state index in [0.29, 0.717) is 23.7 Å². The summed E-state index contributed by atoms with van der Waals surface area (Å²) in [5.74, 6) is -0.0974. The fraction of sp³-hybridized carbons (Fsp3) is 0.0690. The van der Waals surface area contributed by atoms with E-state index in [1.54, 1.807) is 48.7 Å². The third kappa shape index (κ3) is 3.71. The van der Waals surface area contributed by atoms with Gasteiger partial charge in [0.05, 0.1) is 17.0 Å². The average Bonchev–Trinajstić information content (AvgIpc) is 3.21. The minimum atomic E-state index is -0.797. The number of carbonyl (C=O) groups is 1. The molecule has 6 nitrogen and oxygen atoms in total. The minimum absolute atomic E-state index is 0.0702. The molecule has 2 aromatic heterocycles. The molecular weight excluding hydrogens is 459 g/mol. The largest absolute Gasteiger partial charge is 0.489 e. The van der Waals surface area contributed by atoms with E-state index in [1.165, 1.54) is 17.0 Å². The minimum Gasteiger partial charge on any atom is -0.489 e. The van der Waals surface area contributed by atoms with Crippen molar-refractivity contribution in [1.82, 2.24) is 4.98 Å². The number of carbonyl (C=O) groups excluding carboxylic acids is 1. The van der Waals surface area contributed by atoms with Crippen molar-refractivity contribution in [1.29, 1.82) is 0 Å². The highest BCUT2D eigenvalue weighted by molar-refractivity contribution is 6.10. The monoisotopic (exact) mass is 478 g/mol. The van der Waals surface area contributed by atoms with Crippen LogP contribution in [0.2, 0.25) is 0 Å². The van der Waals surface area contributed by atoms with Crippen molar-refractivity contribution >= 4 is 22.7 Å². The molecule has 1 unspecified atom stereocenters. The summed E-state index contributed by atoms with van der Waals surface area (Å²) >= 11 is 0. The van der Waals surface area contributed by atoms with Crippen LogP contribution in [0.4, 0.5) is 10.2 Å². The molecule has 0 aliphatic carbocycles. The van der Waals surface area contributed by atoms with Gasteiger partial charge in [0.15, 0.2) is 5.43 Å². The van der Waals surface area contributed by atoms with E-state index in [1.807, 2.05) is 30.3 Å². The Balaban J connectivity index is 1.44. The Labute approximate surface area is 205 Å². The summed E-state index contributed by atoms with van der Waals surface area (Å²) in [6.07, 6.45) is 1.57. The molecule has 7 heteroatoms.